The maximum absolute atomic E-state index is 13.1. The van der Waals surface area contributed by atoms with Crippen LogP contribution in [-0.4, -0.2) is 29.3 Å². The second kappa shape index (κ2) is 6.61. The Hall–Kier alpha value is -2.40. The van der Waals surface area contributed by atoms with Crippen LogP contribution in [0, 0.1) is 5.82 Å². The zero-order chi connectivity index (χ0) is 17.2. The molecule has 1 N–H and O–H groups in total. The number of cyclic esters (lactones) is 1. The molecular weight excluding hydrogens is 309 g/mol. The number of aliphatic hydroxyl groups excluding tert-OH is 1. The molecule has 1 amide bonds. The Labute approximate surface area is 140 Å². The van der Waals surface area contributed by atoms with Crippen molar-refractivity contribution in [1.82, 2.24) is 4.90 Å². The fraction of sp³-hybridized carbons (Fsp3) is 0.316. The summed E-state index contributed by atoms with van der Waals surface area (Å²) in [6, 6.07) is 15.3. The number of rotatable bonds is 4. The monoisotopic (exact) mass is 329 g/mol. The highest BCUT2D eigenvalue weighted by Gasteiger charge is 2.43. The summed E-state index contributed by atoms with van der Waals surface area (Å²) in [6.07, 6.45) is -0.0334. The van der Waals surface area contributed by atoms with Crippen LogP contribution in [0.4, 0.5) is 9.18 Å². The molecule has 1 heterocycles. The van der Waals surface area contributed by atoms with Gasteiger partial charge in [0.1, 0.15) is 5.82 Å². The zero-order valence-electron chi connectivity index (χ0n) is 13.5. The van der Waals surface area contributed by atoms with Gasteiger partial charge in [-0.05, 0) is 30.2 Å². The molecular formula is C19H20FNO3. The predicted molar refractivity (Wildman–Crippen MR) is 87.8 cm³/mol. The largest absolute Gasteiger partial charge is 0.435 e. The summed E-state index contributed by atoms with van der Waals surface area (Å²) in [5.41, 5.74) is 0.511. The third kappa shape index (κ3) is 2.99. The average molecular weight is 329 g/mol. The topological polar surface area (TPSA) is 49.8 Å². The number of halogens is 1. The van der Waals surface area contributed by atoms with Crippen molar-refractivity contribution >= 4 is 6.09 Å². The smallest absolute Gasteiger partial charge is 0.411 e. The molecule has 1 fully saturated rings. The molecule has 5 heteroatoms. The Morgan fingerprint density at radius 3 is 2.46 bits per heavy atom. The van der Waals surface area contributed by atoms with Crippen molar-refractivity contribution in [1.29, 1.82) is 0 Å². The van der Waals surface area contributed by atoms with Crippen LogP contribution in [0.2, 0.25) is 0 Å². The fourth-order valence-electron chi connectivity index (χ4n) is 3.09. The second-order valence-electron chi connectivity index (χ2n) is 6.06. The molecule has 0 bridgehead atoms. The molecule has 1 saturated heterocycles. The molecule has 0 radical (unpaired) electrons. The van der Waals surface area contributed by atoms with E-state index in [-0.39, 0.29) is 18.5 Å². The quantitative estimate of drug-likeness (QED) is 0.932. The molecule has 0 unspecified atom stereocenters. The van der Waals surface area contributed by atoms with Crippen LogP contribution in [0.1, 0.15) is 30.5 Å². The van der Waals surface area contributed by atoms with Crippen molar-refractivity contribution in [3.05, 3.63) is 71.5 Å². The van der Waals surface area contributed by atoms with E-state index in [1.54, 1.807) is 17.0 Å². The van der Waals surface area contributed by atoms with E-state index in [9.17, 15) is 14.3 Å². The first-order valence-corrected chi connectivity index (χ1v) is 7.97. The summed E-state index contributed by atoms with van der Waals surface area (Å²) in [6.45, 7) is 2.06. The Morgan fingerprint density at radius 1 is 1.21 bits per heavy atom. The van der Waals surface area contributed by atoms with Gasteiger partial charge in [-0.3, -0.25) is 0 Å². The normalized spacial score (nSPS) is 22.1. The highest BCUT2D eigenvalue weighted by atomic mass is 19.1. The van der Waals surface area contributed by atoms with Crippen molar-refractivity contribution in [3.63, 3.8) is 0 Å². The van der Waals surface area contributed by atoms with Crippen LogP contribution in [-0.2, 0) is 10.3 Å². The summed E-state index contributed by atoms with van der Waals surface area (Å²) in [4.78, 5) is 14.2. The molecule has 3 rings (SSSR count). The lowest BCUT2D eigenvalue weighted by Crippen LogP contribution is -2.50. The summed E-state index contributed by atoms with van der Waals surface area (Å²) in [5, 5.41) is 9.83. The van der Waals surface area contributed by atoms with Gasteiger partial charge in [-0.1, -0.05) is 42.5 Å². The summed E-state index contributed by atoms with van der Waals surface area (Å²) < 4.78 is 18.8. The maximum Gasteiger partial charge on any atom is 0.411 e. The van der Waals surface area contributed by atoms with Crippen LogP contribution in [0.5, 0.6) is 0 Å². The molecule has 2 atom stereocenters. The van der Waals surface area contributed by atoms with E-state index >= 15 is 0 Å². The third-order valence-corrected chi connectivity index (χ3v) is 4.65. The lowest BCUT2D eigenvalue weighted by Gasteiger charge is -2.42. The number of carbonyl (C=O) groups is 1. The van der Waals surface area contributed by atoms with E-state index in [4.69, 9.17) is 4.74 Å². The molecule has 0 aromatic heterocycles. The van der Waals surface area contributed by atoms with Crippen molar-refractivity contribution in [2.45, 2.75) is 25.0 Å². The summed E-state index contributed by atoms with van der Waals surface area (Å²) in [5.74, 6) is -0.367. The minimum absolute atomic E-state index is 0.122. The molecule has 24 heavy (non-hydrogen) atoms. The van der Waals surface area contributed by atoms with Gasteiger partial charge < -0.3 is 14.7 Å². The Balaban J connectivity index is 1.81. The highest BCUT2D eigenvalue weighted by molar-refractivity contribution is 5.70. The van der Waals surface area contributed by atoms with E-state index in [1.807, 2.05) is 37.3 Å². The molecule has 1 aliphatic heterocycles. The predicted octanol–water partition coefficient (Wildman–Crippen LogP) is 3.62. The van der Waals surface area contributed by atoms with E-state index in [2.05, 4.69) is 0 Å². The molecule has 2 aromatic rings. The van der Waals surface area contributed by atoms with E-state index in [0.717, 1.165) is 5.56 Å². The molecule has 4 nitrogen and oxygen atoms in total. The van der Waals surface area contributed by atoms with Gasteiger partial charge in [0.05, 0.1) is 12.6 Å². The van der Waals surface area contributed by atoms with Gasteiger partial charge in [-0.25, -0.2) is 9.18 Å². The number of benzene rings is 2. The zero-order valence-corrected chi connectivity index (χ0v) is 13.5. The Kier molecular flexibility index (Phi) is 4.53. The first kappa shape index (κ1) is 16.5. The Morgan fingerprint density at radius 2 is 1.88 bits per heavy atom. The molecule has 0 saturated carbocycles. The van der Waals surface area contributed by atoms with Gasteiger partial charge in [0.25, 0.3) is 0 Å². The number of amides is 1. The van der Waals surface area contributed by atoms with Crippen LogP contribution >= 0.6 is 0 Å². The number of aliphatic hydroxyl groups is 1. The number of carbonyl (C=O) groups excluding carboxylic acids is 1. The standard InChI is InChI=1S/C19H20FNO3/c1-14(15-5-3-2-4-6-15)21-12-11-19(13-22,24-18(21)23)16-7-9-17(20)10-8-16/h2-10,14,22H,11-13H2,1H3/t14-,19-/m0/s1. The van der Waals surface area contributed by atoms with E-state index in [0.29, 0.717) is 18.5 Å². The van der Waals surface area contributed by atoms with Gasteiger partial charge in [-0.2, -0.15) is 0 Å². The first-order chi connectivity index (χ1) is 11.6. The van der Waals surface area contributed by atoms with Crippen molar-refractivity contribution in [3.8, 4) is 0 Å². The van der Waals surface area contributed by atoms with Gasteiger partial charge in [0, 0.05) is 13.0 Å². The third-order valence-electron chi connectivity index (χ3n) is 4.65. The fourth-order valence-corrected chi connectivity index (χ4v) is 3.09. The SMILES string of the molecule is C[C@@H](c1ccccc1)N1CC[C@](CO)(c2ccc(F)cc2)OC1=O. The Bertz CT molecular complexity index is 704. The highest BCUT2D eigenvalue weighted by Crippen LogP contribution is 2.36. The van der Waals surface area contributed by atoms with Crippen LogP contribution in [0.15, 0.2) is 54.6 Å². The minimum atomic E-state index is -1.11. The lowest BCUT2D eigenvalue weighted by molar-refractivity contribution is -0.0882. The molecule has 0 aliphatic carbocycles. The summed E-state index contributed by atoms with van der Waals surface area (Å²) in [7, 11) is 0. The van der Waals surface area contributed by atoms with E-state index < -0.39 is 11.7 Å². The number of nitrogens with zero attached hydrogens (tertiary/aromatic N) is 1. The first-order valence-electron chi connectivity index (χ1n) is 7.97. The van der Waals surface area contributed by atoms with Crippen LogP contribution in [0.25, 0.3) is 0 Å². The van der Waals surface area contributed by atoms with Gasteiger partial charge in [-0.15, -0.1) is 0 Å². The lowest BCUT2D eigenvalue weighted by atomic mass is 9.89. The van der Waals surface area contributed by atoms with Crippen molar-refractivity contribution in [2.24, 2.45) is 0 Å². The van der Waals surface area contributed by atoms with Crippen molar-refractivity contribution in [2.75, 3.05) is 13.2 Å². The molecule has 1 aliphatic rings. The summed E-state index contributed by atoms with van der Waals surface area (Å²) >= 11 is 0. The van der Waals surface area contributed by atoms with Crippen LogP contribution in [0.3, 0.4) is 0 Å². The number of hydrogen-bond donors (Lipinski definition) is 1. The van der Waals surface area contributed by atoms with Gasteiger partial charge >= 0.3 is 6.09 Å². The van der Waals surface area contributed by atoms with Crippen molar-refractivity contribution < 1.29 is 19.0 Å². The minimum Gasteiger partial charge on any atom is -0.435 e. The molecule has 126 valence electrons. The molecule has 2 aromatic carbocycles. The second-order valence-corrected chi connectivity index (χ2v) is 6.06. The van der Waals surface area contributed by atoms with Gasteiger partial charge in [0.2, 0.25) is 0 Å². The number of hydrogen-bond acceptors (Lipinski definition) is 3. The number of ether oxygens (including phenoxy) is 1. The van der Waals surface area contributed by atoms with Gasteiger partial charge in [0.15, 0.2) is 5.60 Å². The molecule has 0 spiro atoms. The van der Waals surface area contributed by atoms with E-state index in [1.165, 1.54) is 12.1 Å². The maximum atomic E-state index is 13.1. The average Bonchev–Trinajstić information content (AvgIpc) is 2.62. The van der Waals surface area contributed by atoms with Crippen LogP contribution < -0.4 is 0 Å².